The number of rotatable bonds is 7. The molecule has 0 aliphatic rings. The second-order valence-electron chi connectivity index (χ2n) is 6.53. The summed E-state index contributed by atoms with van der Waals surface area (Å²) in [6.07, 6.45) is 1.83. The van der Waals surface area contributed by atoms with E-state index in [1.165, 1.54) is 4.68 Å². The van der Waals surface area contributed by atoms with Crippen LogP contribution in [0.4, 0.5) is 5.69 Å². The molecule has 1 N–H and O–H groups in total. The molecule has 0 bridgehead atoms. The topological polar surface area (TPSA) is 75.4 Å². The molecule has 2 aromatic carbocycles. The smallest absolute Gasteiger partial charge is 0.360 e. The summed E-state index contributed by atoms with van der Waals surface area (Å²) < 4.78 is 1.50. The molecular formula is C21H22ClN3O3. The van der Waals surface area contributed by atoms with Crippen LogP contribution in [0, 0.1) is 0 Å². The van der Waals surface area contributed by atoms with E-state index in [0.717, 1.165) is 31.6 Å². The van der Waals surface area contributed by atoms with E-state index in [0.29, 0.717) is 21.6 Å². The van der Waals surface area contributed by atoms with Crippen molar-refractivity contribution in [2.45, 2.75) is 26.7 Å². The van der Waals surface area contributed by atoms with E-state index in [9.17, 15) is 14.7 Å². The Morgan fingerprint density at radius 3 is 2.32 bits per heavy atom. The molecule has 0 aliphatic carbocycles. The summed E-state index contributed by atoms with van der Waals surface area (Å²) in [6.45, 7) is 5.70. The predicted molar refractivity (Wildman–Crippen MR) is 112 cm³/mol. The molecule has 0 spiro atoms. The second kappa shape index (κ2) is 8.44. The minimum absolute atomic E-state index is 0.367. The molecule has 0 saturated heterocycles. The van der Waals surface area contributed by atoms with Crippen molar-refractivity contribution in [3.63, 3.8) is 0 Å². The van der Waals surface area contributed by atoms with Gasteiger partial charge in [0.1, 0.15) is 0 Å². The summed E-state index contributed by atoms with van der Waals surface area (Å²) >= 11 is 5.98. The fourth-order valence-electron chi connectivity index (χ4n) is 3.33. The summed E-state index contributed by atoms with van der Waals surface area (Å²) in [7, 11) is 0. The van der Waals surface area contributed by atoms with Crippen molar-refractivity contribution in [1.29, 1.82) is 0 Å². The molecule has 28 heavy (non-hydrogen) atoms. The fourth-order valence-corrected chi connectivity index (χ4v) is 3.46. The lowest BCUT2D eigenvalue weighted by Crippen LogP contribution is -2.28. The lowest BCUT2D eigenvalue weighted by Gasteiger charge is -2.25. The number of halogens is 1. The molecule has 0 fully saturated rings. The molecule has 0 atom stereocenters. The quantitative estimate of drug-likeness (QED) is 0.638. The minimum Gasteiger partial charge on any atom is -0.476 e. The highest BCUT2D eigenvalue weighted by atomic mass is 35.5. The number of carbonyl (C=O) groups is 1. The molecular weight excluding hydrogens is 378 g/mol. The van der Waals surface area contributed by atoms with E-state index < -0.39 is 17.1 Å². The van der Waals surface area contributed by atoms with Gasteiger partial charge in [0.05, 0.1) is 22.3 Å². The van der Waals surface area contributed by atoms with Crippen LogP contribution in [0.15, 0.2) is 47.3 Å². The van der Waals surface area contributed by atoms with Crippen LogP contribution in [0.25, 0.3) is 16.6 Å². The average Bonchev–Trinajstić information content (AvgIpc) is 2.68. The first-order chi connectivity index (χ1) is 13.5. The van der Waals surface area contributed by atoms with Crippen LogP contribution in [-0.4, -0.2) is 33.9 Å². The van der Waals surface area contributed by atoms with Crippen molar-refractivity contribution in [2.24, 2.45) is 0 Å². The Hall–Kier alpha value is -2.86. The Kier molecular flexibility index (Phi) is 5.99. The first-order valence-corrected chi connectivity index (χ1v) is 9.66. The van der Waals surface area contributed by atoms with Crippen molar-refractivity contribution in [3.8, 4) is 5.69 Å². The molecule has 0 radical (unpaired) electrons. The van der Waals surface area contributed by atoms with E-state index in [4.69, 9.17) is 11.6 Å². The molecule has 0 amide bonds. The van der Waals surface area contributed by atoms with Gasteiger partial charge < -0.3 is 10.0 Å². The van der Waals surface area contributed by atoms with Crippen molar-refractivity contribution < 1.29 is 9.90 Å². The molecule has 0 aliphatic heterocycles. The van der Waals surface area contributed by atoms with Crippen LogP contribution in [0.3, 0.4) is 0 Å². The standard InChI is InChI=1S/C21H22ClN3O3/c1-3-12-24(13-4-2)16-6-5-7-17-18(16)20(26)19(21(27)28)23-25(17)15-10-8-14(22)9-11-15/h5-11H,3-4,12-13H2,1-2H3,(H,27,28). The van der Waals surface area contributed by atoms with E-state index >= 15 is 0 Å². The number of fused-ring (bicyclic) bond motifs is 1. The van der Waals surface area contributed by atoms with Crippen LogP contribution >= 0.6 is 11.6 Å². The summed E-state index contributed by atoms with van der Waals surface area (Å²) in [5.41, 5.74) is 0.862. The number of anilines is 1. The van der Waals surface area contributed by atoms with Crippen LogP contribution in [-0.2, 0) is 0 Å². The van der Waals surface area contributed by atoms with Gasteiger partial charge in [0.25, 0.3) is 0 Å². The molecule has 1 aromatic heterocycles. The molecule has 0 unspecified atom stereocenters. The van der Waals surface area contributed by atoms with Crippen molar-refractivity contribution >= 4 is 34.2 Å². The summed E-state index contributed by atoms with van der Waals surface area (Å²) in [6, 6.07) is 12.4. The zero-order chi connectivity index (χ0) is 20.3. The monoisotopic (exact) mass is 399 g/mol. The third-order valence-electron chi connectivity index (χ3n) is 4.49. The number of hydrogen-bond donors (Lipinski definition) is 1. The molecule has 0 saturated carbocycles. The molecule has 7 heteroatoms. The minimum atomic E-state index is -1.35. The SMILES string of the molecule is CCCN(CCC)c1cccc2c1c(=O)c(C(=O)O)nn2-c1ccc(Cl)cc1. The van der Waals surface area contributed by atoms with Crippen molar-refractivity contribution in [2.75, 3.05) is 18.0 Å². The number of aromatic carboxylic acids is 1. The lowest BCUT2D eigenvalue weighted by atomic mass is 10.1. The average molecular weight is 400 g/mol. The van der Waals surface area contributed by atoms with E-state index in [-0.39, 0.29) is 0 Å². The van der Waals surface area contributed by atoms with Gasteiger partial charge in [-0.2, -0.15) is 5.10 Å². The Labute approximate surface area is 168 Å². The summed E-state index contributed by atoms with van der Waals surface area (Å²) in [5, 5.41) is 14.6. The number of hydrogen-bond acceptors (Lipinski definition) is 4. The normalized spacial score (nSPS) is 11.0. The maximum absolute atomic E-state index is 13.0. The van der Waals surface area contributed by atoms with Crippen LogP contribution in [0.2, 0.25) is 5.02 Å². The van der Waals surface area contributed by atoms with Crippen molar-refractivity contribution in [3.05, 3.63) is 63.4 Å². The Bertz CT molecular complexity index is 1050. The highest BCUT2D eigenvalue weighted by molar-refractivity contribution is 6.30. The van der Waals surface area contributed by atoms with Gasteiger partial charge in [-0.3, -0.25) is 4.79 Å². The predicted octanol–water partition coefficient (Wildman–Crippen LogP) is 4.36. The van der Waals surface area contributed by atoms with Gasteiger partial charge in [0.2, 0.25) is 11.1 Å². The first-order valence-electron chi connectivity index (χ1n) is 9.28. The molecule has 1 heterocycles. The Balaban J connectivity index is 2.38. The third kappa shape index (κ3) is 3.73. The van der Waals surface area contributed by atoms with Gasteiger partial charge in [0, 0.05) is 18.1 Å². The number of carboxylic acids is 1. The summed E-state index contributed by atoms with van der Waals surface area (Å²) in [4.78, 5) is 26.9. The number of carboxylic acid groups (broad SMARTS) is 1. The zero-order valence-electron chi connectivity index (χ0n) is 15.9. The van der Waals surface area contributed by atoms with Gasteiger partial charge in [-0.05, 0) is 49.2 Å². The van der Waals surface area contributed by atoms with Crippen LogP contribution in [0.1, 0.15) is 37.2 Å². The Morgan fingerprint density at radius 1 is 1.11 bits per heavy atom. The summed E-state index contributed by atoms with van der Waals surface area (Å²) in [5.74, 6) is -1.35. The van der Waals surface area contributed by atoms with Gasteiger partial charge in [0.15, 0.2) is 0 Å². The molecule has 3 rings (SSSR count). The largest absolute Gasteiger partial charge is 0.476 e. The first kappa shape index (κ1) is 19.9. The van der Waals surface area contributed by atoms with Gasteiger partial charge in [-0.1, -0.05) is 31.5 Å². The highest BCUT2D eigenvalue weighted by Crippen LogP contribution is 2.27. The van der Waals surface area contributed by atoms with E-state index in [1.54, 1.807) is 30.3 Å². The zero-order valence-corrected chi connectivity index (χ0v) is 16.6. The lowest BCUT2D eigenvalue weighted by molar-refractivity contribution is 0.0687. The van der Waals surface area contributed by atoms with E-state index in [1.807, 2.05) is 12.1 Å². The van der Waals surface area contributed by atoms with Crippen LogP contribution < -0.4 is 10.3 Å². The fraction of sp³-hybridized carbons (Fsp3) is 0.286. The van der Waals surface area contributed by atoms with Gasteiger partial charge in [-0.25, -0.2) is 9.48 Å². The van der Waals surface area contributed by atoms with Crippen LogP contribution in [0.5, 0.6) is 0 Å². The van der Waals surface area contributed by atoms with Crippen molar-refractivity contribution in [1.82, 2.24) is 9.78 Å². The molecule has 146 valence electrons. The maximum Gasteiger partial charge on any atom is 0.360 e. The van der Waals surface area contributed by atoms with Gasteiger partial charge >= 0.3 is 5.97 Å². The van der Waals surface area contributed by atoms with Gasteiger partial charge in [-0.15, -0.1) is 0 Å². The number of aromatic nitrogens is 2. The maximum atomic E-state index is 13.0. The highest BCUT2D eigenvalue weighted by Gasteiger charge is 2.21. The molecule has 3 aromatic rings. The van der Waals surface area contributed by atoms with E-state index in [2.05, 4.69) is 23.8 Å². The number of benzene rings is 2. The Morgan fingerprint density at radius 2 is 1.75 bits per heavy atom. The molecule has 6 nitrogen and oxygen atoms in total. The second-order valence-corrected chi connectivity index (χ2v) is 6.97. The number of nitrogens with zero attached hydrogens (tertiary/aromatic N) is 3. The third-order valence-corrected chi connectivity index (χ3v) is 4.74.